The molecule has 3 heteroatoms. The van der Waals surface area contributed by atoms with Crippen molar-refractivity contribution in [2.45, 2.75) is 0 Å². The number of hydrogen-bond donors (Lipinski definition) is 0. The Balaban J connectivity index is 1.78. The van der Waals surface area contributed by atoms with Crippen molar-refractivity contribution in [1.29, 1.82) is 0 Å². The van der Waals surface area contributed by atoms with Crippen LogP contribution in [-0.4, -0.2) is 4.57 Å². The SMILES string of the molecule is FC(F)=C(c1ccccc1)c1cn(-c2ccc3ccccc3c2)c2ccccc12. The van der Waals surface area contributed by atoms with Gasteiger partial charge in [0.2, 0.25) is 0 Å². The Kier molecular flexibility index (Phi) is 4.21. The van der Waals surface area contributed by atoms with Gasteiger partial charge in [0.1, 0.15) is 0 Å². The van der Waals surface area contributed by atoms with Gasteiger partial charge in [0.15, 0.2) is 0 Å². The van der Waals surface area contributed by atoms with Crippen LogP contribution >= 0.6 is 0 Å². The van der Waals surface area contributed by atoms with Crippen LogP contribution in [0.2, 0.25) is 0 Å². The minimum Gasteiger partial charge on any atom is -0.316 e. The average Bonchev–Trinajstić information content (AvgIpc) is 3.13. The van der Waals surface area contributed by atoms with Gasteiger partial charge in [0, 0.05) is 22.8 Å². The van der Waals surface area contributed by atoms with Gasteiger partial charge in [0.25, 0.3) is 6.08 Å². The predicted molar refractivity (Wildman–Crippen MR) is 115 cm³/mol. The molecule has 0 spiro atoms. The number of halogens is 2. The van der Waals surface area contributed by atoms with Gasteiger partial charge < -0.3 is 4.57 Å². The van der Waals surface area contributed by atoms with Crippen LogP contribution in [-0.2, 0) is 0 Å². The lowest BCUT2D eigenvalue weighted by atomic mass is 9.99. The Morgan fingerprint density at radius 1 is 0.655 bits per heavy atom. The Hall–Kier alpha value is -3.72. The Labute approximate surface area is 167 Å². The fraction of sp³-hybridized carbons (Fsp3) is 0. The molecular weight excluding hydrogens is 364 g/mol. The Morgan fingerprint density at radius 3 is 2.14 bits per heavy atom. The quantitative estimate of drug-likeness (QED) is 0.306. The number of aromatic nitrogens is 1. The van der Waals surface area contributed by atoms with E-state index in [1.54, 1.807) is 24.3 Å². The lowest BCUT2D eigenvalue weighted by Crippen LogP contribution is -1.92. The van der Waals surface area contributed by atoms with Gasteiger partial charge in [-0.25, -0.2) is 0 Å². The van der Waals surface area contributed by atoms with Crippen molar-refractivity contribution in [2.75, 3.05) is 0 Å². The smallest absolute Gasteiger partial charge is 0.278 e. The summed E-state index contributed by atoms with van der Waals surface area (Å²) in [5.74, 6) is 0. The first kappa shape index (κ1) is 17.4. The van der Waals surface area contributed by atoms with Gasteiger partial charge >= 0.3 is 0 Å². The molecule has 0 aliphatic rings. The molecule has 0 aliphatic carbocycles. The summed E-state index contributed by atoms with van der Waals surface area (Å²) in [5.41, 5.74) is 2.85. The molecule has 5 rings (SSSR count). The summed E-state index contributed by atoms with van der Waals surface area (Å²) < 4.78 is 30.2. The minimum absolute atomic E-state index is 0.0265. The first-order valence-electron chi connectivity index (χ1n) is 9.43. The van der Waals surface area contributed by atoms with Gasteiger partial charge in [-0.15, -0.1) is 0 Å². The molecule has 1 nitrogen and oxygen atoms in total. The Morgan fingerprint density at radius 2 is 1.34 bits per heavy atom. The molecule has 140 valence electrons. The van der Waals surface area contributed by atoms with E-state index in [0.29, 0.717) is 11.1 Å². The molecule has 0 fully saturated rings. The lowest BCUT2D eigenvalue weighted by molar-refractivity contribution is 0.426. The number of para-hydroxylation sites is 1. The highest BCUT2D eigenvalue weighted by atomic mass is 19.3. The van der Waals surface area contributed by atoms with E-state index in [-0.39, 0.29) is 5.57 Å². The highest BCUT2D eigenvalue weighted by Crippen LogP contribution is 2.36. The summed E-state index contributed by atoms with van der Waals surface area (Å²) in [5, 5.41) is 3.06. The van der Waals surface area contributed by atoms with E-state index in [1.807, 2.05) is 59.3 Å². The van der Waals surface area contributed by atoms with Gasteiger partial charge in [0.05, 0.1) is 11.1 Å². The van der Waals surface area contributed by atoms with Crippen LogP contribution in [0.5, 0.6) is 0 Å². The molecule has 0 N–H and O–H groups in total. The molecule has 4 aromatic carbocycles. The maximum atomic E-state index is 14.1. The fourth-order valence-electron chi connectivity index (χ4n) is 3.89. The monoisotopic (exact) mass is 381 g/mol. The van der Waals surface area contributed by atoms with Crippen LogP contribution < -0.4 is 0 Å². The molecule has 0 amide bonds. The number of benzene rings is 4. The number of nitrogens with zero attached hydrogens (tertiary/aromatic N) is 1. The fourth-order valence-corrected chi connectivity index (χ4v) is 3.89. The lowest BCUT2D eigenvalue weighted by Gasteiger charge is -2.07. The van der Waals surface area contributed by atoms with Crippen LogP contribution in [0.4, 0.5) is 8.78 Å². The zero-order chi connectivity index (χ0) is 19.8. The van der Waals surface area contributed by atoms with Crippen molar-refractivity contribution in [3.05, 3.63) is 120 Å². The van der Waals surface area contributed by atoms with Crippen molar-refractivity contribution in [3.8, 4) is 5.69 Å². The second-order valence-electron chi connectivity index (χ2n) is 6.96. The molecule has 0 radical (unpaired) electrons. The van der Waals surface area contributed by atoms with E-state index in [2.05, 4.69) is 24.3 Å². The summed E-state index contributed by atoms with van der Waals surface area (Å²) in [7, 11) is 0. The first-order chi connectivity index (χ1) is 14.2. The molecule has 1 aromatic heterocycles. The van der Waals surface area contributed by atoms with Crippen LogP contribution in [0.3, 0.4) is 0 Å². The zero-order valence-corrected chi connectivity index (χ0v) is 15.5. The largest absolute Gasteiger partial charge is 0.316 e. The zero-order valence-electron chi connectivity index (χ0n) is 15.5. The molecule has 5 aromatic rings. The van der Waals surface area contributed by atoms with Gasteiger partial charge in [-0.1, -0.05) is 78.9 Å². The molecule has 29 heavy (non-hydrogen) atoms. The molecular formula is C26H17F2N. The molecule has 0 saturated heterocycles. The third kappa shape index (κ3) is 3.01. The molecule has 0 aliphatic heterocycles. The standard InChI is InChI=1S/C26H17F2N/c27-26(28)25(19-9-2-1-3-10-19)23-17-29(24-13-7-6-12-22(23)24)21-15-14-18-8-4-5-11-20(18)16-21/h1-17H. The second-order valence-corrected chi connectivity index (χ2v) is 6.96. The Bertz CT molecular complexity index is 1360. The molecule has 1 heterocycles. The van der Waals surface area contributed by atoms with E-state index in [1.165, 1.54) is 0 Å². The van der Waals surface area contributed by atoms with Crippen molar-refractivity contribution >= 4 is 27.2 Å². The highest BCUT2D eigenvalue weighted by molar-refractivity contribution is 5.98. The topological polar surface area (TPSA) is 4.93 Å². The van der Waals surface area contributed by atoms with Gasteiger partial charge in [-0.2, -0.15) is 8.78 Å². The first-order valence-corrected chi connectivity index (χ1v) is 9.43. The van der Waals surface area contributed by atoms with Crippen LogP contribution in [0, 0.1) is 0 Å². The van der Waals surface area contributed by atoms with Crippen molar-refractivity contribution in [1.82, 2.24) is 4.57 Å². The summed E-state index contributed by atoms with van der Waals surface area (Å²) in [6.45, 7) is 0. The van der Waals surface area contributed by atoms with E-state index in [4.69, 9.17) is 0 Å². The number of fused-ring (bicyclic) bond motifs is 2. The number of hydrogen-bond acceptors (Lipinski definition) is 0. The maximum Gasteiger partial charge on any atom is 0.278 e. The highest BCUT2D eigenvalue weighted by Gasteiger charge is 2.18. The summed E-state index contributed by atoms with van der Waals surface area (Å²) in [6.07, 6.45) is 0.133. The average molecular weight is 381 g/mol. The van der Waals surface area contributed by atoms with Gasteiger partial charge in [-0.05, 0) is 34.5 Å². The van der Waals surface area contributed by atoms with E-state index < -0.39 is 6.08 Å². The van der Waals surface area contributed by atoms with Gasteiger partial charge in [-0.3, -0.25) is 0 Å². The third-order valence-corrected chi connectivity index (χ3v) is 5.24. The summed E-state index contributed by atoms with van der Waals surface area (Å²) in [6, 6.07) is 30.8. The van der Waals surface area contributed by atoms with E-state index in [9.17, 15) is 8.78 Å². The normalized spacial score (nSPS) is 11.1. The molecule has 0 saturated carbocycles. The third-order valence-electron chi connectivity index (χ3n) is 5.24. The van der Waals surface area contributed by atoms with Crippen molar-refractivity contribution < 1.29 is 8.78 Å². The summed E-state index contributed by atoms with van der Waals surface area (Å²) in [4.78, 5) is 0. The van der Waals surface area contributed by atoms with Crippen LogP contribution in [0.25, 0.3) is 32.9 Å². The number of rotatable bonds is 3. The van der Waals surface area contributed by atoms with Crippen molar-refractivity contribution in [3.63, 3.8) is 0 Å². The van der Waals surface area contributed by atoms with Crippen LogP contribution in [0.1, 0.15) is 11.1 Å². The van der Waals surface area contributed by atoms with Crippen molar-refractivity contribution in [2.24, 2.45) is 0 Å². The molecule has 0 bridgehead atoms. The molecule has 0 atom stereocenters. The van der Waals surface area contributed by atoms with E-state index >= 15 is 0 Å². The minimum atomic E-state index is -1.68. The predicted octanol–water partition coefficient (Wildman–Crippen LogP) is 7.44. The summed E-state index contributed by atoms with van der Waals surface area (Å²) >= 11 is 0. The second kappa shape index (κ2) is 7.02. The van der Waals surface area contributed by atoms with Crippen LogP contribution in [0.15, 0.2) is 109 Å². The van der Waals surface area contributed by atoms with E-state index in [0.717, 1.165) is 27.4 Å². The maximum absolute atomic E-state index is 14.1. The molecule has 0 unspecified atom stereocenters.